The first-order valence-corrected chi connectivity index (χ1v) is 6.61. The normalized spacial score (nSPS) is 22.1. The van der Waals surface area contributed by atoms with E-state index >= 15 is 0 Å². The van der Waals surface area contributed by atoms with E-state index in [2.05, 4.69) is 6.92 Å². The summed E-state index contributed by atoms with van der Waals surface area (Å²) in [7, 11) is 0. The Morgan fingerprint density at radius 2 is 2.25 bits per heavy atom. The van der Waals surface area contributed by atoms with Crippen LogP contribution < -0.4 is 5.73 Å². The molecule has 108 valence electrons. The standard InChI is InChI=1S/C14H19N3O3/c1-10-7-11(17(19)20)3-4-12(10)13(18)16-6-5-14(2,8-15)9-16/h3-4,7H,5-6,8-9,15H2,1-2H3. The molecule has 0 bridgehead atoms. The summed E-state index contributed by atoms with van der Waals surface area (Å²) in [5.74, 6) is -0.0745. The molecule has 1 aromatic rings. The first-order valence-electron chi connectivity index (χ1n) is 6.61. The number of rotatable bonds is 3. The van der Waals surface area contributed by atoms with Crippen LogP contribution in [-0.4, -0.2) is 35.4 Å². The van der Waals surface area contributed by atoms with Gasteiger partial charge < -0.3 is 10.6 Å². The molecule has 0 aromatic heterocycles. The second-order valence-corrected chi connectivity index (χ2v) is 5.75. The summed E-state index contributed by atoms with van der Waals surface area (Å²) in [4.78, 5) is 24.5. The summed E-state index contributed by atoms with van der Waals surface area (Å²) < 4.78 is 0. The van der Waals surface area contributed by atoms with Gasteiger partial charge in [0.15, 0.2) is 0 Å². The minimum Gasteiger partial charge on any atom is -0.338 e. The maximum Gasteiger partial charge on any atom is 0.269 e. The van der Waals surface area contributed by atoms with E-state index in [1.54, 1.807) is 11.8 Å². The lowest BCUT2D eigenvalue weighted by molar-refractivity contribution is -0.384. The molecule has 1 saturated heterocycles. The number of carbonyl (C=O) groups excluding carboxylic acids is 1. The van der Waals surface area contributed by atoms with Gasteiger partial charge in [-0.2, -0.15) is 0 Å². The predicted octanol–water partition coefficient (Wildman–Crippen LogP) is 1.71. The van der Waals surface area contributed by atoms with Crippen LogP contribution in [0, 0.1) is 22.5 Å². The first-order chi connectivity index (χ1) is 9.36. The summed E-state index contributed by atoms with van der Waals surface area (Å²) in [6.07, 6.45) is 0.890. The minimum absolute atomic E-state index is 0.00673. The van der Waals surface area contributed by atoms with Gasteiger partial charge in [-0.3, -0.25) is 14.9 Å². The Balaban J connectivity index is 2.20. The zero-order valence-corrected chi connectivity index (χ0v) is 11.8. The Kier molecular flexibility index (Phi) is 3.76. The number of aryl methyl sites for hydroxylation is 1. The Morgan fingerprint density at radius 1 is 1.55 bits per heavy atom. The van der Waals surface area contributed by atoms with Crippen molar-refractivity contribution in [3.8, 4) is 0 Å². The van der Waals surface area contributed by atoms with Gasteiger partial charge in [0.2, 0.25) is 0 Å². The smallest absolute Gasteiger partial charge is 0.269 e. The number of nitro benzene ring substituents is 1. The predicted molar refractivity (Wildman–Crippen MR) is 75.5 cm³/mol. The lowest BCUT2D eigenvalue weighted by atomic mass is 9.90. The van der Waals surface area contributed by atoms with Crippen LogP contribution in [-0.2, 0) is 0 Å². The fourth-order valence-corrected chi connectivity index (χ4v) is 2.54. The number of carbonyl (C=O) groups is 1. The lowest BCUT2D eigenvalue weighted by Crippen LogP contribution is -2.34. The number of hydrogen-bond donors (Lipinski definition) is 1. The molecule has 1 aliphatic heterocycles. The summed E-state index contributed by atoms with van der Waals surface area (Å²) in [6, 6.07) is 4.35. The molecule has 6 nitrogen and oxygen atoms in total. The Hall–Kier alpha value is -1.95. The summed E-state index contributed by atoms with van der Waals surface area (Å²) in [6.45, 7) is 5.67. The third-order valence-electron chi connectivity index (χ3n) is 3.99. The molecule has 1 amide bonds. The van der Waals surface area contributed by atoms with E-state index in [-0.39, 0.29) is 17.0 Å². The van der Waals surface area contributed by atoms with Crippen molar-refractivity contribution in [1.29, 1.82) is 0 Å². The SMILES string of the molecule is Cc1cc([N+](=O)[O-])ccc1C(=O)N1CCC(C)(CN)C1. The lowest BCUT2D eigenvalue weighted by Gasteiger charge is -2.23. The number of nitro groups is 1. The molecule has 1 heterocycles. The zero-order valence-electron chi connectivity index (χ0n) is 11.8. The number of non-ortho nitro benzene ring substituents is 1. The third kappa shape index (κ3) is 2.65. The van der Waals surface area contributed by atoms with E-state index in [9.17, 15) is 14.9 Å². The maximum absolute atomic E-state index is 12.5. The molecule has 1 aromatic carbocycles. The van der Waals surface area contributed by atoms with Crippen LogP contribution in [0.4, 0.5) is 5.69 Å². The highest BCUT2D eigenvalue weighted by molar-refractivity contribution is 5.96. The van der Waals surface area contributed by atoms with E-state index in [1.807, 2.05) is 0 Å². The number of nitrogens with zero attached hydrogens (tertiary/aromatic N) is 2. The highest BCUT2D eigenvalue weighted by Gasteiger charge is 2.35. The average Bonchev–Trinajstić information content (AvgIpc) is 2.81. The zero-order chi connectivity index (χ0) is 14.9. The maximum atomic E-state index is 12.5. The Bertz CT molecular complexity index is 559. The van der Waals surface area contributed by atoms with Crippen molar-refractivity contribution in [3.05, 3.63) is 39.4 Å². The van der Waals surface area contributed by atoms with Gasteiger partial charge in [0.05, 0.1) is 4.92 Å². The highest BCUT2D eigenvalue weighted by atomic mass is 16.6. The number of hydrogen-bond acceptors (Lipinski definition) is 4. The van der Waals surface area contributed by atoms with Gasteiger partial charge in [0.1, 0.15) is 0 Å². The van der Waals surface area contributed by atoms with Crippen molar-refractivity contribution in [2.45, 2.75) is 20.3 Å². The molecule has 1 atom stereocenters. The van der Waals surface area contributed by atoms with Crippen LogP contribution in [0.3, 0.4) is 0 Å². The van der Waals surface area contributed by atoms with Gasteiger partial charge in [0.25, 0.3) is 11.6 Å². The summed E-state index contributed by atoms with van der Waals surface area (Å²) in [5, 5.41) is 10.7. The number of amides is 1. The van der Waals surface area contributed by atoms with Crippen LogP contribution in [0.1, 0.15) is 29.3 Å². The van der Waals surface area contributed by atoms with Crippen molar-refractivity contribution < 1.29 is 9.72 Å². The van der Waals surface area contributed by atoms with Crippen molar-refractivity contribution in [1.82, 2.24) is 4.90 Å². The average molecular weight is 277 g/mol. The molecule has 0 spiro atoms. The van der Waals surface area contributed by atoms with Crippen molar-refractivity contribution in [3.63, 3.8) is 0 Å². The van der Waals surface area contributed by atoms with Crippen molar-refractivity contribution in [2.75, 3.05) is 19.6 Å². The molecule has 20 heavy (non-hydrogen) atoms. The van der Waals surface area contributed by atoms with Gasteiger partial charge in [-0.25, -0.2) is 0 Å². The van der Waals surface area contributed by atoms with Crippen molar-refractivity contribution in [2.24, 2.45) is 11.1 Å². The molecule has 1 fully saturated rings. The molecule has 2 N–H and O–H groups in total. The summed E-state index contributed by atoms with van der Waals surface area (Å²) >= 11 is 0. The van der Waals surface area contributed by atoms with Gasteiger partial charge in [0, 0.05) is 30.8 Å². The van der Waals surface area contributed by atoms with E-state index in [0.29, 0.717) is 30.8 Å². The minimum atomic E-state index is -0.456. The number of nitrogens with two attached hydrogens (primary N) is 1. The Morgan fingerprint density at radius 3 is 2.75 bits per heavy atom. The van der Waals surface area contributed by atoms with Crippen molar-refractivity contribution >= 4 is 11.6 Å². The molecule has 2 rings (SSSR count). The van der Waals surface area contributed by atoms with Gasteiger partial charge >= 0.3 is 0 Å². The van der Waals surface area contributed by atoms with Crippen LogP contribution in [0.2, 0.25) is 0 Å². The van der Waals surface area contributed by atoms with Crippen LogP contribution >= 0.6 is 0 Å². The first kappa shape index (κ1) is 14.5. The molecule has 1 aliphatic rings. The summed E-state index contributed by atoms with van der Waals surface area (Å²) in [5.41, 5.74) is 6.88. The van der Waals surface area contributed by atoms with E-state index in [4.69, 9.17) is 5.73 Å². The van der Waals surface area contributed by atoms with Crippen LogP contribution in [0.25, 0.3) is 0 Å². The number of likely N-dealkylation sites (tertiary alicyclic amines) is 1. The van der Waals surface area contributed by atoms with Crippen LogP contribution in [0.5, 0.6) is 0 Å². The van der Waals surface area contributed by atoms with Gasteiger partial charge in [-0.15, -0.1) is 0 Å². The van der Waals surface area contributed by atoms with E-state index in [0.717, 1.165) is 6.42 Å². The molecule has 0 radical (unpaired) electrons. The van der Waals surface area contributed by atoms with E-state index in [1.165, 1.54) is 18.2 Å². The second kappa shape index (κ2) is 5.20. The Labute approximate surface area is 117 Å². The molecular weight excluding hydrogens is 258 g/mol. The van der Waals surface area contributed by atoms with Crippen LogP contribution in [0.15, 0.2) is 18.2 Å². The largest absolute Gasteiger partial charge is 0.338 e. The van der Waals surface area contributed by atoms with Gasteiger partial charge in [-0.1, -0.05) is 6.92 Å². The molecular formula is C14H19N3O3. The molecule has 6 heteroatoms. The highest BCUT2D eigenvalue weighted by Crippen LogP contribution is 2.30. The molecule has 1 unspecified atom stereocenters. The molecule has 0 aliphatic carbocycles. The van der Waals surface area contributed by atoms with Gasteiger partial charge in [-0.05, 0) is 36.9 Å². The quantitative estimate of drug-likeness (QED) is 0.672. The fraction of sp³-hybridized carbons (Fsp3) is 0.500. The van der Waals surface area contributed by atoms with E-state index < -0.39 is 4.92 Å². The fourth-order valence-electron chi connectivity index (χ4n) is 2.54. The monoisotopic (exact) mass is 277 g/mol. The molecule has 0 saturated carbocycles. The second-order valence-electron chi connectivity index (χ2n) is 5.75. The third-order valence-corrected chi connectivity index (χ3v) is 3.99. The topological polar surface area (TPSA) is 89.5 Å². The number of benzene rings is 1.